The molecular formula is C20H22ClN3O2. The van der Waals surface area contributed by atoms with E-state index in [1.54, 1.807) is 6.07 Å². The number of H-pyrrole nitrogens is 1. The Bertz CT molecular complexity index is 892. The van der Waals surface area contributed by atoms with Gasteiger partial charge in [0.25, 0.3) is 0 Å². The number of carbonyl (C=O) groups is 1. The van der Waals surface area contributed by atoms with E-state index in [9.17, 15) is 4.79 Å². The Morgan fingerprint density at radius 2 is 1.96 bits per heavy atom. The molecule has 0 aliphatic carbocycles. The van der Waals surface area contributed by atoms with Crippen molar-refractivity contribution in [2.45, 2.75) is 13.3 Å². The van der Waals surface area contributed by atoms with Gasteiger partial charge in [-0.2, -0.15) is 0 Å². The zero-order valence-electron chi connectivity index (χ0n) is 14.6. The van der Waals surface area contributed by atoms with Crippen LogP contribution in [0.25, 0.3) is 10.9 Å². The van der Waals surface area contributed by atoms with E-state index in [1.165, 1.54) is 10.9 Å². The van der Waals surface area contributed by atoms with Gasteiger partial charge in [0.05, 0.1) is 6.54 Å². The van der Waals surface area contributed by atoms with Crippen molar-refractivity contribution in [1.82, 2.24) is 15.6 Å². The highest BCUT2D eigenvalue weighted by Gasteiger charge is 2.04. The van der Waals surface area contributed by atoms with E-state index in [1.807, 2.05) is 43.5 Å². The number of urea groups is 1. The highest BCUT2D eigenvalue weighted by Crippen LogP contribution is 2.20. The Kier molecular flexibility index (Phi) is 6.02. The minimum atomic E-state index is -0.194. The molecule has 6 heteroatoms. The lowest BCUT2D eigenvalue weighted by atomic mass is 10.1. The molecule has 1 aromatic heterocycles. The molecule has 2 amide bonds. The van der Waals surface area contributed by atoms with Crippen molar-refractivity contribution >= 4 is 28.5 Å². The maximum Gasteiger partial charge on any atom is 0.314 e. The molecule has 0 saturated heterocycles. The monoisotopic (exact) mass is 371 g/mol. The van der Waals surface area contributed by atoms with Gasteiger partial charge >= 0.3 is 6.03 Å². The second-order valence-electron chi connectivity index (χ2n) is 6.05. The Hall–Kier alpha value is -2.66. The van der Waals surface area contributed by atoms with Gasteiger partial charge in [-0.05, 0) is 48.7 Å². The number of halogens is 1. The van der Waals surface area contributed by atoms with E-state index < -0.39 is 0 Å². The number of para-hydroxylation sites is 1. The van der Waals surface area contributed by atoms with Gasteiger partial charge in [0.1, 0.15) is 12.4 Å². The molecule has 0 saturated carbocycles. The molecule has 5 nitrogen and oxygen atoms in total. The molecule has 0 radical (unpaired) electrons. The van der Waals surface area contributed by atoms with E-state index in [4.69, 9.17) is 16.3 Å². The van der Waals surface area contributed by atoms with Crippen molar-refractivity contribution < 1.29 is 9.53 Å². The van der Waals surface area contributed by atoms with Gasteiger partial charge in [0.2, 0.25) is 0 Å². The number of aromatic nitrogens is 1. The summed E-state index contributed by atoms with van der Waals surface area (Å²) in [7, 11) is 0. The summed E-state index contributed by atoms with van der Waals surface area (Å²) < 4.78 is 5.60. The van der Waals surface area contributed by atoms with E-state index >= 15 is 0 Å². The van der Waals surface area contributed by atoms with Gasteiger partial charge in [-0.1, -0.05) is 29.8 Å². The lowest BCUT2D eigenvalue weighted by Crippen LogP contribution is -2.38. The van der Waals surface area contributed by atoms with Crippen molar-refractivity contribution in [3.8, 4) is 5.75 Å². The number of nitrogens with one attached hydrogen (secondary N) is 3. The first-order valence-electron chi connectivity index (χ1n) is 8.59. The maximum atomic E-state index is 11.8. The number of rotatable bonds is 7. The molecule has 0 spiro atoms. The zero-order valence-corrected chi connectivity index (χ0v) is 15.4. The smallest absolute Gasteiger partial charge is 0.314 e. The molecule has 0 aliphatic heterocycles. The van der Waals surface area contributed by atoms with Crippen LogP contribution < -0.4 is 15.4 Å². The predicted molar refractivity (Wildman–Crippen MR) is 105 cm³/mol. The third-order valence-electron chi connectivity index (χ3n) is 4.14. The first-order chi connectivity index (χ1) is 12.6. The molecule has 2 aromatic carbocycles. The normalized spacial score (nSPS) is 10.7. The molecule has 3 aromatic rings. The summed E-state index contributed by atoms with van der Waals surface area (Å²) in [6.45, 7) is 3.33. The summed E-state index contributed by atoms with van der Waals surface area (Å²) >= 11 is 5.98. The van der Waals surface area contributed by atoms with Gasteiger partial charge < -0.3 is 20.4 Å². The van der Waals surface area contributed by atoms with Gasteiger partial charge in [-0.25, -0.2) is 4.79 Å². The minimum Gasteiger partial charge on any atom is -0.492 e. The fraction of sp³-hybridized carbons (Fsp3) is 0.250. The Labute approximate surface area is 157 Å². The zero-order chi connectivity index (χ0) is 18.4. The SMILES string of the molecule is Cc1cc(OCCNC(=O)NCCc2c[nH]c3ccccc23)ccc1Cl. The van der Waals surface area contributed by atoms with Crippen LogP contribution in [0.3, 0.4) is 0 Å². The lowest BCUT2D eigenvalue weighted by molar-refractivity contribution is 0.236. The molecular weight excluding hydrogens is 350 g/mol. The topological polar surface area (TPSA) is 66.2 Å². The molecule has 1 heterocycles. The maximum absolute atomic E-state index is 11.8. The summed E-state index contributed by atoms with van der Waals surface area (Å²) in [6.07, 6.45) is 2.77. The average molecular weight is 372 g/mol. The highest BCUT2D eigenvalue weighted by molar-refractivity contribution is 6.31. The van der Waals surface area contributed by atoms with Crippen LogP contribution in [-0.2, 0) is 6.42 Å². The first-order valence-corrected chi connectivity index (χ1v) is 8.97. The Morgan fingerprint density at radius 3 is 2.81 bits per heavy atom. The molecule has 136 valence electrons. The van der Waals surface area contributed by atoms with Gasteiger partial charge in [-0.3, -0.25) is 0 Å². The average Bonchev–Trinajstić information content (AvgIpc) is 3.05. The number of hydrogen-bond donors (Lipinski definition) is 3. The number of carbonyl (C=O) groups excluding carboxylic acids is 1. The summed E-state index contributed by atoms with van der Waals surface area (Å²) in [4.78, 5) is 15.1. The van der Waals surface area contributed by atoms with Crippen molar-refractivity contribution in [3.63, 3.8) is 0 Å². The summed E-state index contributed by atoms with van der Waals surface area (Å²) in [6, 6.07) is 13.4. The van der Waals surface area contributed by atoms with Gasteiger partial charge in [0.15, 0.2) is 0 Å². The van der Waals surface area contributed by atoms with Crippen molar-refractivity contribution in [2.75, 3.05) is 19.7 Å². The number of aromatic amines is 1. The Balaban J connectivity index is 1.35. The fourth-order valence-corrected chi connectivity index (χ4v) is 2.87. The van der Waals surface area contributed by atoms with E-state index in [0.29, 0.717) is 24.7 Å². The Morgan fingerprint density at radius 1 is 1.15 bits per heavy atom. The van der Waals surface area contributed by atoms with Crippen molar-refractivity contribution in [3.05, 3.63) is 64.8 Å². The molecule has 0 unspecified atom stereocenters. The minimum absolute atomic E-state index is 0.194. The molecule has 3 N–H and O–H groups in total. The summed E-state index contributed by atoms with van der Waals surface area (Å²) in [5, 5.41) is 7.56. The summed E-state index contributed by atoms with van der Waals surface area (Å²) in [5.74, 6) is 0.744. The highest BCUT2D eigenvalue weighted by atomic mass is 35.5. The van der Waals surface area contributed by atoms with Gasteiger partial charge in [0, 0.05) is 28.7 Å². The summed E-state index contributed by atoms with van der Waals surface area (Å²) in [5.41, 5.74) is 3.27. The first kappa shape index (κ1) is 18.1. The number of fused-ring (bicyclic) bond motifs is 1. The van der Waals surface area contributed by atoms with Crippen LogP contribution in [0.2, 0.25) is 5.02 Å². The second-order valence-corrected chi connectivity index (χ2v) is 6.46. The molecule has 0 aliphatic rings. The second kappa shape index (κ2) is 8.63. The lowest BCUT2D eigenvalue weighted by Gasteiger charge is -2.10. The molecule has 0 bridgehead atoms. The molecule has 0 fully saturated rings. The van der Waals surface area contributed by atoms with Crippen molar-refractivity contribution in [1.29, 1.82) is 0 Å². The molecule has 26 heavy (non-hydrogen) atoms. The van der Waals surface area contributed by atoms with E-state index in [-0.39, 0.29) is 6.03 Å². The van der Waals surface area contributed by atoms with Crippen LogP contribution in [0.5, 0.6) is 5.75 Å². The largest absolute Gasteiger partial charge is 0.492 e. The number of benzene rings is 2. The standard InChI is InChI=1S/C20H22ClN3O2/c1-14-12-16(6-7-18(14)21)26-11-10-23-20(25)22-9-8-15-13-24-19-5-3-2-4-17(15)19/h2-7,12-13,24H,8-11H2,1H3,(H2,22,23,25). The third-order valence-corrected chi connectivity index (χ3v) is 4.56. The van der Waals surface area contributed by atoms with Crippen LogP contribution in [0.1, 0.15) is 11.1 Å². The van der Waals surface area contributed by atoms with Crippen LogP contribution in [0.15, 0.2) is 48.7 Å². The molecule has 3 rings (SSSR count). The fourth-order valence-electron chi connectivity index (χ4n) is 2.75. The van der Waals surface area contributed by atoms with Crippen LogP contribution in [0.4, 0.5) is 4.79 Å². The van der Waals surface area contributed by atoms with Crippen LogP contribution in [0, 0.1) is 6.92 Å². The number of ether oxygens (including phenoxy) is 1. The number of amides is 2. The predicted octanol–water partition coefficient (Wildman–Crippen LogP) is 4.05. The van der Waals surface area contributed by atoms with E-state index in [0.717, 1.165) is 23.3 Å². The van der Waals surface area contributed by atoms with Gasteiger partial charge in [-0.15, -0.1) is 0 Å². The molecule has 0 atom stereocenters. The van der Waals surface area contributed by atoms with E-state index in [2.05, 4.69) is 21.7 Å². The number of aryl methyl sites for hydroxylation is 1. The van der Waals surface area contributed by atoms with Crippen LogP contribution >= 0.6 is 11.6 Å². The quantitative estimate of drug-likeness (QED) is 0.548. The third kappa shape index (κ3) is 4.70. The van der Waals surface area contributed by atoms with Crippen molar-refractivity contribution in [2.24, 2.45) is 0 Å². The van der Waals surface area contributed by atoms with Crippen LogP contribution in [-0.4, -0.2) is 30.7 Å². The number of hydrogen-bond acceptors (Lipinski definition) is 2.